The fourth-order valence-electron chi connectivity index (χ4n) is 2.10. The second-order valence-corrected chi connectivity index (χ2v) is 4.54. The molecule has 0 unspecified atom stereocenters. The van der Waals surface area contributed by atoms with Gasteiger partial charge in [-0.05, 0) is 35.7 Å². The molecule has 2 heteroatoms. The number of Topliss-reactive ketones (excluding diaryl/α,β-unsaturated/α-hetero) is 1. The normalized spacial score (nSPS) is 9.95. The summed E-state index contributed by atoms with van der Waals surface area (Å²) < 4.78 is 0. The molecule has 102 valence electrons. The molecule has 0 amide bonds. The van der Waals surface area contributed by atoms with Gasteiger partial charge in [-0.15, -0.1) is 0 Å². The summed E-state index contributed by atoms with van der Waals surface area (Å²) >= 11 is 0. The molecule has 0 bridgehead atoms. The predicted molar refractivity (Wildman–Crippen MR) is 74.1 cm³/mol. The maximum atomic E-state index is 11.6. The summed E-state index contributed by atoms with van der Waals surface area (Å²) in [5.41, 5.74) is 2.38. The largest absolute Gasteiger partial charge is 0.339 e. The van der Waals surface area contributed by atoms with Gasteiger partial charge in [0.15, 0.2) is 0 Å². The van der Waals surface area contributed by atoms with Crippen molar-refractivity contribution in [2.45, 2.75) is 12.8 Å². The number of ketones is 1. The smallest absolute Gasteiger partial charge is 0 e. The molecule has 0 aromatic heterocycles. The van der Waals surface area contributed by atoms with E-state index in [1.807, 2.05) is 36.4 Å². The van der Waals surface area contributed by atoms with Crippen LogP contribution in [0, 0.1) is 12.8 Å². The number of carbonyl (C=O) groups is 1. The van der Waals surface area contributed by atoms with E-state index >= 15 is 0 Å². The molecule has 0 aliphatic rings. The van der Waals surface area contributed by atoms with Crippen molar-refractivity contribution in [3.05, 3.63) is 78.7 Å². The zero-order valence-corrected chi connectivity index (χ0v) is 12.3. The molecule has 1 nitrogen and oxygen atoms in total. The van der Waals surface area contributed by atoms with Gasteiger partial charge in [0.05, 0.1) is 0 Å². The molecule has 0 aliphatic heterocycles. The average Bonchev–Trinajstić information content (AvgIpc) is 2.40. The van der Waals surface area contributed by atoms with Gasteiger partial charge in [-0.3, -0.25) is 0 Å². The molecule has 19 heavy (non-hydrogen) atoms. The Labute approximate surface area is 128 Å². The first kappa shape index (κ1) is 15.7. The third-order valence-corrected chi connectivity index (χ3v) is 3.11. The van der Waals surface area contributed by atoms with Gasteiger partial charge in [0.1, 0.15) is 0 Å². The molecule has 2 rings (SSSR count). The van der Waals surface area contributed by atoms with E-state index < -0.39 is 0 Å². The molecule has 0 fully saturated rings. The monoisotopic (exact) mass is 343 g/mol. The van der Waals surface area contributed by atoms with Crippen LogP contribution in [0.25, 0.3) is 0 Å². The molecule has 2 aromatic carbocycles. The van der Waals surface area contributed by atoms with Gasteiger partial charge in [0, 0.05) is 20.4 Å². The number of benzene rings is 2. The summed E-state index contributed by atoms with van der Waals surface area (Å²) in [6.45, 7) is 3.59. The SMILES string of the molecule is [CH2-]C(=O)C(Cc1ccccc1)Cc1ccccc1.[Pd]. The van der Waals surface area contributed by atoms with Crippen LogP contribution in [0.4, 0.5) is 0 Å². The van der Waals surface area contributed by atoms with Crippen molar-refractivity contribution in [1.29, 1.82) is 0 Å². The molecule has 0 spiro atoms. The fraction of sp³-hybridized carbons (Fsp3) is 0.176. The first-order valence-electron chi connectivity index (χ1n) is 6.19. The zero-order chi connectivity index (χ0) is 12.8. The third kappa shape index (κ3) is 5.03. The van der Waals surface area contributed by atoms with E-state index in [1.165, 1.54) is 11.1 Å². The van der Waals surface area contributed by atoms with Gasteiger partial charge in [-0.25, -0.2) is 0 Å². The van der Waals surface area contributed by atoms with Gasteiger partial charge in [0.25, 0.3) is 0 Å². The molecule has 0 saturated heterocycles. The van der Waals surface area contributed by atoms with Gasteiger partial charge in [-0.1, -0.05) is 60.7 Å². The van der Waals surface area contributed by atoms with Crippen molar-refractivity contribution in [3.63, 3.8) is 0 Å². The summed E-state index contributed by atoms with van der Waals surface area (Å²) in [5.74, 6) is -0.0162. The minimum atomic E-state index is -0.0326. The Hall–Kier alpha value is -1.36. The van der Waals surface area contributed by atoms with Gasteiger partial charge >= 0.3 is 0 Å². The maximum Gasteiger partial charge on any atom is 0 e. The molecule has 0 N–H and O–H groups in total. The van der Waals surface area contributed by atoms with E-state index in [1.54, 1.807) is 0 Å². The topological polar surface area (TPSA) is 17.1 Å². The minimum Gasteiger partial charge on any atom is -0.339 e. The van der Waals surface area contributed by atoms with Crippen molar-refractivity contribution in [1.82, 2.24) is 0 Å². The van der Waals surface area contributed by atoms with E-state index in [4.69, 9.17) is 0 Å². The molecule has 0 aliphatic carbocycles. The average molecular weight is 344 g/mol. The van der Waals surface area contributed by atoms with E-state index in [2.05, 4.69) is 31.2 Å². The standard InChI is InChI=1S/C17H17O.Pd/c1-14(18)17(12-15-8-4-2-5-9-15)13-16-10-6-3-7-11-16;/h2-11,17H,1,12-13H2;/q-1;. The summed E-state index contributed by atoms with van der Waals surface area (Å²) in [7, 11) is 0. The molecular weight excluding hydrogens is 327 g/mol. The van der Waals surface area contributed by atoms with Crippen LogP contribution in [0.5, 0.6) is 0 Å². The van der Waals surface area contributed by atoms with Crippen molar-refractivity contribution >= 4 is 5.78 Å². The Bertz CT molecular complexity index is 452. The Kier molecular flexibility index (Phi) is 6.56. The van der Waals surface area contributed by atoms with E-state index in [9.17, 15) is 4.79 Å². The Balaban J connectivity index is 0.00000180. The molecular formula is C17H17OPd-. The van der Waals surface area contributed by atoms with Gasteiger partial charge in [-0.2, -0.15) is 0 Å². The van der Waals surface area contributed by atoms with E-state index in [0.29, 0.717) is 0 Å². The van der Waals surface area contributed by atoms with E-state index in [0.717, 1.165) is 12.8 Å². The van der Waals surface area contributed by atoms with Crippen LogP contribution >= 0.6 is 0 Å². The molecule has 0 atom stereocenters. The van der Waals surface area contributed by atoms with Gasteiger partial charge in [0.2, 0.25) is 0 Å². The second kappa shape index (κ2) is 7.94. The van der Waals surface area contributed by atoms with Crippen LogP contribution in [-0.4, -0.2) is 5.78 Å². The van der Waals surface area contributed by atoms with E-state index in [-0.39, 0.29) is 32.1 Å². The molecule has 0 radical (unpaired) electrons. The van der Waals surface area contributed by atoms with Crippen molar-refractivity contribution < 1.29 is 25.2 Å². The van der Waals surface area contributed by atoms with Crippen molar-refractivity contribution in [2.75, 3.05) is 0 Å². The first-order valence-corrected chi connectivity index (χ1v) is 6.19. The fourth-order valence-corrected chi connectivity index (χ4v) is 2.10. The second-order valence-electron chi connectivity index (χ2n) is 4.54. The first-order chi connectivity index (χ1) is 8.75. The van der Waals surface area contributed by atoms with Crippen LogP contribution in [-0.2, 0) is 38.1 Å². The maximum absolute atomic E-state index is 11.6. The summed E-state index contributed by atoms with van der Waals surface area (Å²) in [5, 5.41) is 0. The van der Waals surface area contributed by atoms with Crippen LogP contribution in [0.15, 0.2) is 60.7 Å². The quantitative estimate of drug-likeness (QED) is 0.600. The number of hydrogen-bond acceptors (Lipinski definition) is 1. The summed E-state index contributed by atoms with van der Waals surface area (Å²) in [6.07, 6.45) is 1.52. The Morgan fingerprint density at radius 2 is 1.21 bits per heavy atom. The van der Waals surface area contributed by atoms with Crippen LogP contribution in [0.2, 0.25) is 0 Å². The number of carbonyl (C=O) groups excluding carboxylic acids is 1. The Morgan fingerprint density at radius 1 is 0.842 bits per heavy atom. The van der Waals surface area contributed by atoms with Gasteiger partial charge < -0.3 is 11.7 Å². The van der Waals surface area contributed by atoms with Crippen molar-refractivity contribution in [3.8, 4) is 0 Å². The number of hydrogen-bond donors (Lipinski definition) is 0. The summed E-state index contributed by atoms with van der Waals surface area (Å²) in [4.78, 5) is 11.6. The predicted octanol–water partition coefficient (Wildman–Crippen LogP) is 3.49. The van der Waals surface area contributed by atoms with Crippen LogP contribution < -0.4 is 0 Å². The molecule has 0 heterocycles. The zero-order valence-electron chi connectivity index (χ0n) is 10.7. The minimum absolute atomic E-state index is 0. The Morgan fingerprint density at radius 3 is 1.53 bits per heavy atom. The van der Waals surface area contributed by atoms with Crippen LogP contribution in [0.3, 0.4) is 0 Å². The molecule has 2 aromatic rings. The number of rotatable bonds is 5. The third-order valence-electron chi connectivity index (χ3n) is 3.11. The van der Waals surface area contributed by atoms with Crippen molar-refractivity contribution in [2.24, 2.45) is 5.92 Å². The van der Waals surface area contributed by atoms with Crippen LogP contribution in [0.1, 0.15) is 11.1 Å². The summed E-state index contributed by atoms with van der Waals surface area (Å²) in [6, 6.07) is 20.2. The molecule has 0 saturated carbocycles.